The summed E-state index contributed by atoms with van der Waals surface area (Å²) < 4.78 is 4.73. The molecular formula is C14H15N3O2. The monoisotopic (exact) mass is 257 g/mol. The van der Waals surface area contributed by atoms with Crippen LogP contribution in [0.25, 0.3) is 0 Å². The quantitative estimate of drug-likeness (QED) is 0.882. The molecule has 1 aliphatic rings. The van der Waals surface area contributed by atoms with E-state index in [1.54, 1.807) is 6.07 Å². The Balaban J connectivity index is 1.76. The number of hydrogen-bond acceptors (Lipinski definition) is 4. The molecule has 1 aromatic carbocycles. The first-order valence-corrected chi connectivity index (χ1v) is 6.38. The lowest BCUT2D eigenvalue weighted by atomic mass is 9.97. The Morgan fingerprint density at radius 3 is 3.21 bits per heavy atom. The Bertz CT molecular complexity index is 578. The van der Waals surface area contributed by atoms with Crippen molar-refractivity contribution >= 4 is 11.6 Å². The minimum absolute atomic E-state index is 0.0662. The molecule has 2 heterocycles. The Morgan fingerprint density at radius 2 is 2.37 bits per heavy atom. The van der Waals surface area contributed by atoms with E-state index in [1.165, 1.54) is 6.26 Å². The van der Waals surface area contributed by atoms with E-state index in [-0.39, 0.29) is 5.91 Å². The molecule has 19 heavy (non-hydrogen) atoms. The number of benzene rings is 1. The van der Waals surface area contributed by atoms with Crippen molar-refractivity contribution in [2.45, 2.75) is 19.4 Å². The molecule has 0 atom stereocenters. The number of aromatic nitrogens is 1. The van der Waals surface area contributed by atoms with Gasteiger partial charge < -0.3 is 15.2 Å². The van der Waals surface area contributed by atoms with Crippen LogP contribution in [0.4, 0.5) is 5.69 Å². The van der Waals surface area contributed by atoms with Crippen LogP contribution in [-0.2, 0) is 13.0 Å². The number of fused-ring (bicyclic) bond motifs is 1. The van der Waals surface area contributed by atoms with Gasteiger partial charge in [0.2, 0.25) is 0 Å². The largest absolute Gasteiger partial charge is 0.385 e. The van der Waals surface area contributed by atoms with Crippen LogP contribution in [0.2, 0.25) is 0 Å². The third-order valence-electron chi connectivity index (χ3n) is 3.26. The molecule has 0 aliphatic carbocycles. The first-order chi connectivity index (χ1) is 9.34. The van der Waals surface area contributed by atoms with Gasteiger partial charge in [0.1, 0.15) is 12.0 Å². The first-order valence-electron chi connectivity index (χ1n) is 6.38. The van der Waals surface area contributed by atoms with Crippen LogP contribution in [0.15, 0.2) is 35.1 Å². The lowest BCUT2D eigenvalue weighted by Gasteiger charge is -2.20. The summed E-state index contributed by atoms with van der Waals surface area (Å²) in [5.41, 5.74) is 3.64. The van der Waals surface area contributed by atoms with Gasteiger partial charge in [0.05, 0.1) is 6.54 Å². The van der Waals surface area contributed by atoms with E-state index >= 15 is 0 Å². The summed E-state index contributed by atoms with van der Waals surface area (Å²) in [4.78, 5) is 12.2. The fourth-order valence-corrected chi connectivity index (χ4v) is 2.32. The number of carbonyl (C=O) groups excluding carboxylic acids is 1. The van der Waals surface area contributed by atoms with E-state index in [1.807, 2.05) is 18.2 Å². The zero-order valence-corrected chi connectivity index (χ0v) is 10.5. The van der Waals surface area contributed by atoms with Crippen molar-refractivity contribution in [1.82, 2.24) is 10.5 Å². The van der Waals surface area contributed by atoms with Gasteiger partial charge in [-0.1, -0.05) is 11.2 Å². The Hall–Kier alpha value is -2.30. The highest BCUT2D eigenvalue weighted by Gasteiger charge is 2.17. The van der Waals surface area contributed by atoms with Crippen LogP contribution in [0.1, 0.15) is 28.0 Å². The summed E-state index contributed by atoms with van der Waals surface area (Å²) >= 11 is 0. The van der Waals surface area contributed by atoms with Crippen LogP contribution in [0.5, 0.6) is 0 Å². The Labute approximate surface area is 111 Å². The molecule has 98 valence electrons. The van der Waals surface area contributed by atoms with Crippen molar-refractivity contribution in [3.8, 4) is 0 Å². The predicted octanol–water partition coefficient (Wildman–Crippen LogP) is 1.96. The summed E-state index contributed by atoms with van der Waals surface area (Å²) in [5, 5.41) is 9.95. The minimum Gasteiger partial charge on any atom is -0.385 e. The third kappa shape index (κ3) is 2.45. The van der Waals surface area contributed by atoms with Gasteiger partial charge in [0, 0.05) is 23.9 Å². The van der Waals surface area contributed by atoms with Crippen molar-refractivity contribution < 1.29 is 9.32 Å². The van der Waals surface area contributed by atoms with E-state index in [2.05, 4.69) is 15.8 Å². The van der Waals surface area contributed by atoms with Crippen LogP contribution in [0.3, 0.4) is 0 Å². The van der Waals surface area contributed by atoms with E-state index in [9.17, 15) is 4.79 Å². The zero-order chi connectivity index (χ0) is 13.1. The molecule has 1 aliphatic heterocycles. The highest BCUT2D eigenvalue weighted by Crippen LogP contribution is 2.25. The highest BCUT2D eigenvalue weighted by atomic mass is 16.5. The average Bonchev–Trinajstić information content (AvgIpc) is 2.97. The average molecular weight is 257 g/mol. The van der Waals surface area contributed by atoms with Crippen LogP contribution >= 0.6 is 0 Å². The van der Waals surface area contributed by atoms with Gasteiger partial charge in [0.25, 0.3) is 5.91 Å². The number of carbonyl (C=O) groups is 1. The molecule has 0 spiro atoms. The summed E-state index contributed by atoms with van der Waals surface area (Å²) in [5.74, 6) is -0.0662. The summed E-state index contributed by atoms with van der Waals surface area (Å²) in [6.45, 7) is 1.35. The van der Waals surface area contributed by atoms with Gasteiger partial charge in [-0.25, -0.2) is 0 Å². The van der Waals surface area contributed by atoms with E-state index in [0.29, 0.717) is 6.54 Å². The number of amides is 1. The molecule has 0 bridgehead atoms. The maximum atomic E-state index is 12.2. The molecule has 1 amide bonds. The smallest absolute Gasteiger partial charge is 0.251 e. The molecule has 2 aromatic rings. The molecule has 0 fully saturated rings. The Morgan fingerprint density at radius 1 is 1.42 bits per heavy atom. The van der Waals surface area contributed by atoms with E-state index in [4.69, 9.17) is 4.52 Å². The third-order valence-corrected chi connectivity index (χ3v) is 3.26. The highest BCUT2D eigenvalue weighted by molar-refractivity contribution is 5.97. The van der Waals surface area contributed by atoms with E-state index in [0.717, 1.165) is 41.9 Å². The number of hydrogen-bond donors (Lipinski definition) is 2. The summed E-state index contributed by atoms with van der Waals surface area (Å²) in [7, 11) is 0. The van der Waals surface area contributed by atoms with Gasteiger partial charge in [-0.15, -0.1) is 0 Å². The zero-order valence-electron chi connectivity index (χ0n) is 10.5. The maximum absolute atomic E-state index is 12.2. The SMILES string of the molecule is O=C(NCc1ccon1)c1cccc2c1CCCN2. The second-order valence-corrected chi connectivity index (χ2v) is 4.54. The summed E-state index contributed by atoms with van der Waals surface area (Å²) in [6, 6.07) is 7.53. The standard InChI is InChI=1S/C14H15N3O2/c18-14(16-9-10-6-8-19-17-10)12-3-1-5-13-11(12)4-2-7-15-13/h1,3,5-6,8,15H,2,4,7,9H2,(H,16,18). The molecule has 1 aromatic heterocycles. The Kier molecular flexibility index (Phi) is 3.18. The van der Waals surface area contributed by atoms with Crippen molar-refractivity contribution in [2.24, 2.45) is 0 Å². The summed E-state index contributed by atoms with van der Waals surface area (Å²) in [6.07, 6.45) is 3.49. The molecule has 0 saturated heterocycles. The molecule has 5 heteroatoms. The topological polar surface area (TPSA) is 67.2 Å². The van der Waals surface area contributed by atoms with E-state index < -0.39 is 0 Å². The second-order valence-electron chi connectivity index (χ2n) is 4.54. The molecule has 0 saturated carbocycles. The molecular weight excluding hydrogens is 242 g/mol. The number of nitrogens with one attached hydrogen (secondary N) is 2. The van der Waals surface area contributed by atoms with Gasteiger partial charge in [0.15, 0.2) is 0 Å². The van der Waals surface area contributed by atoms with Crippen LogP contribution in [0, 0.1) is 0 Å². The second kappa shape index (κ2) is 5.14. The number of anilines is 1. The van der Waals surface area contributed by atoms with Gasteiger partial charge in [-0.3, -0.25) is 4.79 Å². The number of rotatable bonds is 3. The van der Waals surface area contributed by atoms with Crippen molar-refractivity contribution in [3.05, 3.63) is 47.3 Å². The molecule has 0 radical (unpaired) electrons. The van der Waals surface area contributed by atoms with Crippen LogP contribution in [-0.4, -0.2) is 17.6 Å². The molecule has 3 rings (SSSR count). The first kappa shape index (κ1) is 11.8. The van der Waals surface area contributed by atoms with Gasteiger partial charge in [-0.05, 0) is 30.5 Å². The normalized spacial score (nSPS) is 13.5. The molecule has 2 N–H and O–H groups in total. The minimum atomic E-state index is -0.0662. The van der Waals surface area contributed by atoms with Crippen molar-refractivity contribution in [3.63, 3.8) is 0 Å². The number of nitrogens with zero attached hydrogens (tertiary/aromatic N) is 1. The van der Waals surface area contributed by atoms with Crippen LogP contribution < -0.4 is 10.6 Å². The molecule has 0 unspecified atom stereocenters. The fourth-order valence-electron chi connectivity index (χ4n) is 2.32. The van der Waals surface area contributed by atoms with Crippen molar-refractivity contribution in [2.75, 3.05) is 11.9 Å². The predicted molar refractivity (Wildman–Crippen MR) is 70.9 cm³/mol. The van der Waals surface area contributed by atoms with Crippen molar-refractivity contribution in [1.29, 1.82) is 0 Å². The lowest BCUT2D eigenvalue weighted by molar-refractivity contribution is 0.0949. The maximum Gasteiger partial charge on any atom is 0.251 e. The lowest BCUT2D eigenvalue weighted by Crippen LogP contribution is -2.25. The molecule has 5 nitrogen and oxygen atoms in total. The van der Waals surface area contributed by atoms with Gasteiger partial charge >= 0.3 is 0 Å². The van der Waals surface area contributed by atoms with Gasteiger partial charge in [-0.2, -0.15) is 0 Å². The fraction of sp³-hybridized carbons (Fsp3) is 0.286.